The summed E-state index contributed by atoms with van der Waals surface area (Å²) in [6, 6.07) is 6.85. The second-order valence-corrected chi connectivity index (χ2v) is 5.40. The molecule has 1 amide bonds. The van der Waals surface area contributed by atoms with Crippen LogP contribution in [0.2, 0.25) is 0 Å². The monoisotopic (exact) mass is 314 g/mol. The van der Waals surface area contributed by atoms with Crippen molar-refractivity contribution in [2.45, 2.75) is 26.0 Å². The molecule has 0 bridgehead atoms. The van der Waals surface area contributed by atoms with Crippen molar-refractivity contribution in [1.82, 2.24) is 9.97 Å². The number of anilines is 1. The van der Waals surface area contributed by atoms with Crippen molar-refractivity contribution in [1.29, 1.82) is 0 Å². The molecule has 3 rings (SSSR count). The normalized spacial score (nSPS) is 14.0. The third-order valence-corrected chi connectivity index (χ3v) is 3.75. The molecule has 7 nitrogen and oxygen atoms in total. The Balaban J connectivity index is 2.03. The average molecular weight is 314 g/mol. The van der Waals surface area contributed by atoms with Gasteiger partial charge in [0, 0.05) is 12.0 Å². The number of para-hydroxylation sites is 1. The first-order valence-corrected chi connectivity index (χ1v) is 7.32. The molecule has 1 aliphatic rings. The third-order valence-electron chi connectivity index (χ3n) is 3.75. The summed E-state index contributed by atoms with van der Waals surface area (Å²) in [6.45, 7) is 1.69. The summed E-state index contributed by atoms with van der Waals surface area (Å²) in [4.78, 5) is 20.2. The highest BCUT2D eigenvalue weighted by atomic mass is 16.5. The lowest BCUT2D eigenvalue weighted by Crippen LogP contribution is -2.39. The van der Waals surface area contributed by atoms with E-state index in [0.29, 0.717) is 24.7 Å². The molecule has 2 aromatic rings. The molecule has 1 aromatic heterocycles. The fourth-order valence-corrected chi connectivity index (χ4v) is 2.58. The highest BCUT2D eigenvalue weighted by Crippen LogP contribution is 2.30. The molecule has 0 unspecified atom stereocenters. The van der Waals surface area contributed by atoms with E-state index in [9.17, 15) is 9.90 Å². The van der Waals surface area contributed by atoms with Crippen molar-refractivity contribution >= 4 is 11.7 Å². The number of primary amides is 1. The Hall–Kier alpha value is -2.67. The van der Waals surface area contributed by atoms with Crippen molar-refractivity contribution in [3.05, 3.63) is 46.9 Å². The fraction of sp³-hybridized carbons (Fsp3) is 0.312. The van der Waals surface area contributed by atoms with Crippen LogP contribution in [0.4, 0.5) is 5.82 Å². The zero-order valence-corrected chi connectivity index (χ0v) is 12.7. The topological polar surface area (TPSA) is 110 Å². The Labute approximate surface area is 133 Å². The zero-order chi connectivity index (χ0) is 16.4. The van der Waals surface area contributed by atoms with Crippen LogP contribution in [0.25, 0.3) is 0 Å². The molecule has 1 atom stereocenters. The number of ether oxygens (including phenoxy) is 1. The van der Waals surface area contributed by atoms with Crippen LogP contribution in [-0.4, -0.2) is 33.6 Å². The maximum Gasteiger partial charge on any atom is 0.242 e. The summed E-state index contributed by atoms with van der Waals surface area (Å²) in [6.07, 6.45) is 0.574. The summed E-state index contributed by atoms with van der Waals surface area (Å²) >= 11 is 0. The number of aromatic nitrogens is 2. The van der Waals surface area contributed by atoms with Gasteiger partial charge < -0.3 is 20.9 Å². The van der Waals surface area contributed by atoms with Crippen molar-refractivity contribution in [2.75, 3.05) is 11.9 Å². The van der Waals surface area contributed by atoms with Crippen LogP contribution in [-0.2, 0) is 17.8 Å². The van der Waals surface area contributed by atoms with Crippen LogP contribution in [0.3, 0.4) is 0 Å². The molecule has 2 heterocycles. The number of rotatable bonds is 4. The Morgan fingerprint density at radius 1 is 1.43 bits per heavy atom. The minimum Gasteiger partial charge on any atom is -0.487 e. The Morgan fingerprint density at radius 2 is 2.22 bits per heavy atom. The average Bonchev–Trinajstić information content (AvgIpc) is 2.71. The van der Waals surface area contributed by atoms with Crippen LogP contribution in [0.15, 0.2) is 24.3 Å². The first-order valence-electron chi connectivity index (χ1n) is 7.32. The van der Waals surface area contributed by atoms with E-state index in [0.717, 1.165) is 22.6 Å². The number of nitrogens with one attached hydrogen (secondary N) is 1. The molecule has 7 heteroatoms. The molecule has 23 heavy (non-hydrogen) atoms. The molecule has 0 aliphatic carbocycles. The summed E-state index contributed by atoms with van der Waals surface area (Å²) in [5, 5.41) is 12.2. The van der Waals surface area contributed by atoms with Crippen molar-refractivity contribution in [3.63, 3.8) is 0 Å². The molecule has 0 fully saturated rings. The maximum atomic E-state index is 11.4. The second-order valence-electron chi connectivity index (χ2n) is 5.40. The van der Waals surface area contributed by atoms with Gasteiger partial charge >= 0.3 is 0 Å². The van der Waals surface area contributed by atoms with E-state index in [1.807, 2.05) is 24.3 Å². The molecular formula is C16H18N4O3. The highest BCUT2D eigenvalue weighted by molar-refractivity contribution is 5.83. The van der Waals surface area contributed by atoms with E-state index >= 15 is 0 Å². The smallest absolute Gasteiger partial charge is 0.242 e. The van der Waals surface area contributed by atoms with Gasteiger partial charge in [-0.3, -0.25) is 4.79 Å². The lowest BCUT2D eigenvalue weighted by molar-refractivity contribution is -0.119. The molecule has 0 saturated carbocycles. The van der Waals surface area contributed by atoms with E-state index < -0.39 is 18.6 Å². The fourth-order valence-electron chi connectivity index (χ4n) is 2.58. The molecular weight excluding hydrogens is 296 g/mol. The molecule has 0 saturated heterocycles. The van der Waals surface area contributed by atoms with Gasteiger partial charge in [0.1, 0.15) is 30.0 Å². The van der Waals surface area contributed by atoms with Gasteiger partial charge in [-0.2, -0.15) is 0 Å². The molecule has 0 radical (unpaired) electrons. The number of hydrogen-bond acceptors (Lipinski definition) is 6. The number of amides is 1. The number of hydrogen-bond donors (Lipinski definition) is 3. The number of nitrogens with two attached hydrogens (primary N) is 1. The SMILES string of the molecule is Cc1nc2c(c(N[C@@H](CO)C(N)=O)n1)Cc1ccccc1OC2. The minimum absolute atomic E-state index is 0.324. The number of benzene rings is 1. The predicted molar refractivity (Wildman–Crippen MR) is 84.0 cm³/mol. The zero-order valence-electron chi connectivity index (χ0n) is 12.7. The van der Waals surface area contributed by atoms with Crippen LogP contribution in [0.1, 0.15) is 22.6 Å². The van der Waals surface area contributed by atoms with Crippen molar-refractivity contribution < 1.29 is 14.6 Å². The lowest BCUT2D eigenvalue weighted by Gasteiger charge is -2.17. The number of aliphatic hydroxyl groups is 1. The van der Waals surface area contributed by atoms with Gasteiger partial charge in [0.15, 0.2) is 0 Å². The van der Waals surface area contributed by atoms with Crippen LogP contribution in [0, 0.1) is 6.92 Å². The van der Waals surface area contributed by atoms with Crippen LogP contribution in [0.5, 0.6) is 5.75 Å². The minimum atomic E-state index is -0.896. The predicted octanol–water partition coefficient (Wildman–Crippen LogP) is 0.526. The number of aryl methyl sites for hydroxylation is 1. The van der Waals surface area contributed by atoms with E-state index in [1.165, 1.54) is 0 Å². The number of nitrogens with zero attached hydrogens (tertiary/aromatic N) is 2. The number of carbonyl (C=O) groups excluding carboxylic acids is 1. The molecule has 1 aromatic carbocycles. The summed E-state index contributed by atoms with van der Waals surface area (Å²) < 4.78 is 5.80. The van der Waals surface area contributed by atoms with E-state index in [4.69, 9.17) is 10.5 Å². The first kappa shape index (κ1) is 15.2. The third kappa shape index (κ3) is 3.09. The highest BCUT2D eigenvalue weighted by Gasteiger charge is 2.23. The van der Waals surface area contributed by atoms with Gasteiger partial charge in [0.2, 0.25) is 5.91 Å². The second kappa shape index (κ2) is 6.21. The van der Waals surface area contributed by atoms with E-state index in [2.05, 4.69) is 15.3 Å². The molecule has 1 aliphatic heterocycles. The molecule has 120 valence electrons. The Bertz CT molecular complexity index is 748. The Kier molecular flexibility index (Phi) is 4.12. The Morgan fingerprint density at radius 3 is 2.96 bits per heavy atom. The van der Waals surface area contributed by atoms with Crippen LogP contribution < -0.4 is 15.8 Å². The van der Waals surface area contributed by atoms with Gasteiger partial charge in [-0.1, -0.05) is 18.2 Å². The lowest BCUT2D eigenvalue weighted by atomic mass is 10.0. The summed E-state index contributed by atoms with van der Waals surface area (Å²) in [5.41, 5.74) is 7.91. The summed E-state index contributed by atoms with van der Waals surface area (Å²) in [7, 11) is 0. The summed E-state index contributed by atoms with van der Waals surface area (Å²) in [5.74, 6) is 1.23. The van der Waals surface area contributed by atoms with E-state index in [-0.39, 0.29) is 0 Å². The van der Waals surface area contributed by atoms with Crippen molar-refractivity contribution in [3.8, 4) is 5.75 Å². The number of fused-ring (bicyclic) bond motifs is 2. The van der Waals surface area contributed by atoms with Gasteiger partial charge in [-0.25, -0.2) is 9.97 Å². The van der Waals surface area contributed by atoms with E-state index in [1.54, 1.807) is 6.92 Å². The van der Waals surface area contributed by atoms with Gasteiger partial charge in [0.25, 0.3) is 0 Å². The van der Waals surface area contributed by atoms with Gasteiger partial charge in [-0.15, -0.1) is 0 Å². The number of aliphatic hydroxyl groups excluding tert-OH is 1. The molecule has 0 spiro atoms. The largest absolute Gasteiger partial charge is 0.487 e. The van der Waals surface area contributed by atoms with Gasteiger partial charge in [-0.05, 0) is 18.6 Å². The quantitative estimate of drug-likeness (QED) is 0.759. The first-order chi connectivity index (χ1) is 11.1. The van der Waals surface area contributed by atoms with Crippen molar-refractivity contribution in [2.24, 2.45) is 5.73 Å². The standard InChI is InChI=1S/C16H18N4O3/c1-9-18-13-8-23-14-5-3-2-4-10(14)6-11(13)16(19-9)20-12(7-21)15(17)22/h2-5,12,21H,6-8H2,1H3,(H2,17,22)(H,18,19,20)/t12-/m0/s1. The molecule has 4 N–H and O–H groups in total. The maximum absolute atomic E-state index is 11.4. The van der Waals surface area contributed by atoms with Crippen LogP contribution >= 0.6 is 0 Å². The number of carbonyl (C=O) groups is 1. The van der Waals surface area contributed by atoms with Gasteiger partial charge in [0.05, 0.1) is 12.3 Å².